The molecule has 0 aliphatic carbocycles. The van der Waals surface area contributed by atoms with Gasteiger partial charge in [-0.15, -0.1) is 0 Å². The molecule has 1 saturated heterocycles. The molecule has 0 radical (unpaired) electrons. The molecule has 1 aliphatic heterocycles. The van der Waals surface area contributed by atoms with Crippen LogP contribution >= 0.6 is 0 Å². The Morgan fingerprint density at radius 2 is 2.00 bits per heavy atom. The van der Waals surface area contributed by atoms with E-state index in [1.54, 1.807) is 37.3 Å². The first-order valence-electron chi connectivity index (χ1n) is 10.1. The van der Waals surface area contributed by atoms with Crippen LogP contribution in [0, 0.1) is 5.41 Å². The van der Waals surface area contributed by atoms with Crippen molar-refractivity contribution in [2.24, 2.45) is 5.41 Å². The Bertz CT molecular complexity index is 901. The van der Waals surface area contributed by atoms with Crippen molar-refractivity contribution in [2.45, 2.75) is 26.2 Å². The van der Waals surface area contributed by atoms with E-state index in [-0.39, 0.29) is 24.3 Å². The highest BCUT2D eigenvalue weighted by molar-refractivity contribution is 5.96. The average Bonchev–Trinajstić information content (AvgIpc) is 2.79. The van der Waals surface area contributed by atoms with Crippen molar-refractivity contribution in [1.29, 1.82) is 0 Å². The van der Waals surface area contributed by atoms with Gasteiger partial charge in [0.15, 0.2) is 0 Å². The van der Waals surface area contributed by atoms with E-state index in [2.05, 4.69) is 4.98 Å². The van der Waals surface area contributed by atoms with Crippen LogP contribution in [-0.2, 0) is 16.0 Å². The van der Waals surface area contributed by atoms with Crippen LogP contribution in [0.2, 0.25) is 0 Å². The molecule has 1 amide bonds. The number of piperidine rings is 1. The number of benzene rings is 1. The smallest absolute Gasteiger partial charge is 0.314 e. The highest BCUT2D eigenvalue weighted by atomic mass is 16.5. The lowest BCUT2D eigenvalue weighted by molar-refractivity contribution is -0.158. The molecule has 1 aromatic heterocycles. The van der Waals surface area contributed by atoms with Crippen molar-refractivity contribution in [3.63, 3.8) is 0 Å². The van der Waals surface area contributed by atoms with Crippen LogP contribution < -0.4 is 9.47 Å². The standard InChI is InChI=1S/C23H28N2O5/c1-4-30-22(27)23(15-17-8-5-9-18(14-17)28-2)11-7-13-25(16-23)21(26)19-10-6-12-24-20(19)29-3/h5-6,8-10,12,14H,4,7,11,13,15-16H2,1-3H3/t23-/m0/s1. The summed E-state index contributed by atoms with van der Waals surface area (Å²) >= 11 is 0. The maximum Gasteiger partial charge on any atom is 0.314 e. The van der Waals surface area contributed by atoms with Crippen LogP contribution in [0.5, 0.6) is 11.6 Å². The van der Waals surface area contributed by atoms with Crippen molar-refractivity contribution in [3.8, 4) is 11.6 Å². The predicted octanol–water partition coefficient (Wildman–Crippen LogP) is 3.13. The Balaban J connectivity index is 1.91. The number of amides is 1. The molecule has 1 fully saturated rings. The van der Waals surface area contributed by atoms with Gasteiger partial charge < -0.3 is 19.1 Å². The summed E-state index contributed by atoms with van der Waals surface area (Å²) in [6.07, 6.45) is 3.41. The van der Waals surface area contributed by atoms with Gasteiger partial charge in [0.25, 0.3) is 5.91 Å². The SMILES string of the molecule is CCOC(=O)[C@]1(Cc2cccc(OC)c2)CCCN(C(=O)c2cccnc2OC)C1. The van der Waals surface area contributed by atoms with Gasteiger partial charge >= 0.3 is 5.97 Å². The summed E-state index contributed by atoms with van der Waals surface area (Å²) in [6.45, 7) is 2.93. The number of rotatable bonds is 7. The Morgan fingerprint density at radius 3 is 2.73 bits per heavy atom. The summed E-state index contributed by atoms with van der Waals surface area (Å²) < 4.78 is 16.0. The Labute approximate surface area is 177 Å². The van der Waals surface area contributed by atoms with Crippen LogP contribution in [0.3, 0.4) is 0 Å². The molecule has 7 heteroatoms. The van der Waals surface area contributed by atoms with Crippen LogP contribution in [0.15, 0.2) is 42.6 Å². The van der Waals surface area contributed by atoms with E-state index in [0.29, 0.717) is 38.0 Å². The second-order valence-corrected chi connectivity index (χ2v) is 7.42. The number of carbonyl (C=O) groups excluding carboxylic acids is 2. The van der Waals surface area contributed by atoms with Gasteiger partial charge in [-0.05, 0) is 56.0 Å². The number of likely N-dealkylation sites (tertiary alicyclic amines) is 1. The quantitative estimate of drug-likeness (QED) is 0.650. The van der Waals surface area contributed by atoms with Gasteiger partial charge in [-0.2, -0.15) is 0 Å². The van der Waals surface area contributed by atoms with Crippen LogP contribution in [-0.4, -0.2) is 55.7 Å². The van der Waals surface area contributed by atoms with Gasteiger partial charge in [0.1, 0.15) is 11.3 Å². The average molecular weight is 412 g/mol. The van der Waals surface area contributed by atoms with E-state index in [0.717, 1.165) is 11.3 Å². The highest BCUT2D eigenvalue weighted by Gasteiger charge is 2.45. The number of methoxy groups -OCH3 is 2. The van der Waals surface area contributed by atoms with Gasteiger partial charge in [0.2, 0.25) is 5.88 Å². The van der Waals surface area contributed by atoms with E-state index >= 15 is 0 Å². The molecule has 1 aromatic carbocycles. The zero-order chi connectivity index (χ0) is 21.6. The second kappa shape index (κ2) is 9.61. The van der Waals surface area contributed by atoms with Crippen molar-refractivity contribution < 1.29 is 23.8 Å². The number of hydrogen-bond acceptors (Lipinski definition) is 6. The number of esters is 1. The van der Waals surface area contributed by atoms with Crippen LogP contribution in [0.25, 0.3) is 0 Å². The Morgan fingerprint density at radius 1 is 1.17 bits per heavy atom. The first-order chi connectivity index (χ1) is 14.5. The summed E-state index contributed by atoms with van der Waals surface area (Å²) in [7, 11) is 3.10. The number of ether oxygens (including phenoxy) is 3. The largest absolute Gasteiger partial charge is 0.497 e. The van der Waals surface area contributed by atoms with Crippen molar-refractivity contribution in [2.75, 3.05) is 33.9 Å². The molecule has 2 aromatic rings. The molecule has 1 atom stereocenters. The lowest BCUT2D eigenvalue weighted by Crippen LogP contribution is -2.51. The monoisotopic (exact) mass is 412 g/mol. The molecular weight excluding hydrogens is 384 g/mol. The molecule has 160 valence electrons. The minimum atomic E-state index is -0.814. The van der Waals surface area contributed by atoms with Gasteiger partial charge in [0, 0.05) is 19.3 Å². The van der Waals surface area contributed by atoms with Crippen molar-refractivity contribution >= 4 is 11.9 Å². The van der Waals surface area contributed by atoms with E-state index in [4.69, 9.17) is 14.2 Å². The molecule has 2 heterocycles. The minimum Gasteiger partial charge on any atom is -0.497 e. The normalized spacial score (nSPS) is 18.6. The van der Waals surface area contributed by atoms with E-state index < -0.39 is 5.41 Å². The topological polar surface area (TPSA) is 78.0 Å². The maximum absolute atomic E-state index is 13.2. The predicted molar refractivity (Wildman–Crippen MR) is 112 cm³/mol. The molecule has 0 unspecified atom stereocenters. The zero-order valence-corrected chi connectivity index (χ0v) is 17.7. The molecule has 0 N–H and O–H groups in total. The van der Waals surface area contributed by atoms with Crippen LogP contribution in [0.4, 0.5) is 0 Å². The Kier molecular flexibility index (Phi) is 6.92. The second-order valence-electron chi connectivity index (χ2n) is 7.42. The number of nitrogens with zero attached hydrogens (tertiary/aromatic N) is 2. The molecule has 0 bridgehead atoms. The molecule has 0 saturated carbocycles. The number of hydrogen-bond donors (Lipinski definition) is 0. The van der Waals surface area contributed by atoms with E-state index in [1.807, 2.05) is 24.3 Å². The van der Waals surface area contributed by atoms with Crippen molar-refractivity contribution in [3.05, 3.63) is 53.7 Å². The number of pyridine rings is 1. The van der Waals surface area contributed by atoms with Gasteiger partial charge in [-0.1, -0.05) is 12.1 Å². The third-order valence-electron chi connectivity index (χ3n) is 5.44. The molecule has 1 aliphatic rings. The minimum absolute atomic E-state index is 0.195. The fourth-order valence-corrected chi connectivity index (χ4v) is 4.03. The molecule has 7 nitrogen and oxygen atoms in total. The fraction of sp³-hybridized carbons (Fsp3) is 0.435. The molecular formula is C23H28N2O5. The fourth-order valence-electron chi connectivity index (χ4n) is 4.03. The molecule has 0 spiro atoms. The summed E-state index contributed by atoms with van der Waals surface area (Å²) in [5.41, 5.74) is 0.544. The van der Waals surface area contributed by atoms with Crippen molar-refractivity contribution in [1.82, 2.24) is 9.88 Å². The van der Waals surface area contributed by atoms with E-state index in [1.165, 1.54) is 7.11 Å². The number of carbonyl (C=O) groups is 2. The highest BCUT2D eigenvalue weighted by Crippen LogP contribution is 2.37. The number of aromatic nitrogens is 1. The summed E-state index contributed by atoms with van der Waals surface area (Å²) in [6, 6.07) is 11.1. The third-order valence-corrected chi connectivity index (χ3v) is 5.44. The third kappa shape index (κ3) is 4.56. The Hall–Kier alpha value is -3.09. The van der Waals surface area contributed by atoms with Crippen LogP contribution in [0.1, 0.15) is 35.7 Å². The summed E-state index contributed by atoms with van der Waals surface area (Å²) in [4.78, 5) is 32.1. The maximum atomic E-state index is 13.2. The van der Waals surface area contributed by atoms with Gasteiger partial charge in [-0.3, -0.25) is 9.59 Å². The lowest BCUT2D eigenvalue weighted by atomic mass is 9.75. The zero-order valence-electron chi connectivity index (χ0n) is 17.7. The molecule has 30 heavy (non-hydrogen) atoms. The first kappa shape index (κ1) is 21.6. The summed E-state index contributed by atoms with van der Waals surface area (Å²) in [5.74, 6) is 0.542. The van der Waals surface area contributed by atoms with E-state index in [9.17, 15) is 9.59 Å². The first-order valence-corrected chi connectivity index (χ1v) is 10.1. The lowest BCUT2D eigenvalue weighted by Gasteiger charge is -2.41. The molecule has 3 rings (SSSR count). The summed E-state index contributed by atoms with van der Waals surface area (Å²) in [5, 5.41) is 0. The van der Waals surface area contributed by atoms with Gasteiger partial charge in [0.05, 0.1) is 26.2 Å². The van der Waals surface area contributed by atoms with Gasteiger partial charge in [-0.25, -0.2) is 4.98 Å².